The van der Waals surface area contributed by atoms with Crippen LogP contribution in [0.25, 0.3) is 0 Å². The van der Waals surface area contributed by atoms with Crippen LogP contribution in [0.4, 0.5) is 15.8 Å². The maximum atomic E-state index is 13.7. The topological polar surface area (TPSA) is 41.6 Å². The van der Waals surface area contributed by atoms with Crippen molar-refractivity contribution in [1.29, 1.82) is 0 Å². The van der Waals surface area contributed by atoms with Crippen LogP contribution in [-0.4, -0.2) is 26.6 Å². The van der Waals surface area contributed by atoms with E-state index >= 15 is 0 Å². The lowest BCUT2D eigenvalue weighted by Gasteiger charge is -2.19. The third kappa shape index (κ3) is 4.60. The number of anilines is 2. The van der Waals surface area contributed by atoms with Gasteiger partial charge in [0.1, 0.15) is 11.6 Å². The molecule has 0 aliphatic heterocycles. The maximum absolute atomic E-state index is 13.7. The molecule has 0 fully saturated rings. The minimum Gasteiger partial charge on any atom is -0.495 e. The largest absolute Gasteiger partial charge is 0.495 e. The summed E-state index contributed by atoms with van der Waals surface area (Å²) in [5.74, 6) is 0.0193. The van der Waals surface area contributed by atoms with E-state index in [2.05, 4.69) is 5.32 Å². The number of nitrogens with one attached hydrogen (secondary N) is 1. The summed E-state index contributed by atoms with van der Waals surface area (Å²) >= 11 is 5.93. The van der Waals surface area contributed by atoms with Gasteiger partial charge in [-0.05, 0) is 30.3 Å². The van der Waals surface area contributed by atoms with Crippen molar-refractivity contribution in [2.45, 2.75) is 6.42 Å². The standard InChI is InChI=1S/C17H18ClFN2O2/c1-21(15-6-4-3-5-13(15)19)10-9-17(22)20-14-11-12(18)7-8-16(14)23-2/h3-8,11H,9-10H2,1-2H3,(H,20,22). The van der Waals surface area contributed by atoms with Crippen molar-refractivity contribution in [3.8, 4) is 5.75 Å². The Hall–Kier alpha value is -2.27. The van der Waals surface area contributed by atoms with Crippen LogP contribution in [0, 0.1) is 5.82 Å². The van der Waals surface area contributed by atoms with E-state index in [1.54, 1.807) is 48.3 Å². The number of para-hydroxylation sites is 1. The molecule has 23 heavy (non-hydrogen) atoms. The van der Waals surface area contributed by atoms with Gasteiger partial charge in [-0.3, -0.25) is 4.79 Å². The molecule has 0 aliphatic rings. The lowest BCUT2D eigenvalue weighted by molar-refractivity contribution is -0.116. The van der Waals surface area contributed by atoms with Gasteiger partial charge in [0.05, 0.1) is 18.5 Å². The molecule has 0 unspecified atom stereocenters. The van der Waals surface area contributed by atoms with Gasteiger partial charge in [-0.2, -0.15) is 0 Å². The molecule has 0 atom stereocenters. The summed E-state index contributed by atoms with van der Waals surface area (Å²) in [5.41, 5.74) is 0.971. The summed E-state index contributed by atoms with van der Waals surface area (Å²) in [6, 6.07) is 11.4. The van der Waals surface area contributed by atoms with Gasteiger partial charge in [0, 0.05) is 25.0 Å². The second-order valence-corrected chi connectivity index (χ2v) is 5.45. The van der Waals surface area contributed by atoms with E-state index in [1.165, 1.54) is 13.2 Å². The van der Waals surface area contributed by atoms with Crippen molar-refractivity contribution >= 4 is 28.9 Å². The first-order chi connectivity index (χ1) is 11.0. The average Bonchev–Trinajstić information content (AvgIpc) is 2.53. The van der Waals surface area contributed by atoms with Crippen LogP contribution in [-0.2, 0) is 4.79 Å². The Labute approximate surface area is 139 Å². The molecule has 1 amide bonds. The van der Waals surface area contributed by atoms with E-state index in [0.717, 1.165) is 0 Å². The zero-order valence-corrected chi connectivity index (χ0v) is 13.7. The number of carbonyl (C=O) groups is 1. The minimum absolute atomic E-state index is 0.200. The molecule has 1 N–H and O–H groups in total. The van der Waals surface area contributed by atoms with Crippen LogP contribution in [0.2, 0.25) is 5.02 Å². The van der Waals surface area contributed by atoms with E-state index in [4.69, 9.17) is 16.3 Å². The van der Waals surface area contributed by atoms with Crippen LogP contribution in [0.3, 0.4) is 0 Å². The molecule has 4 nitrogen and oxygen atoms in total. The lowest BCUT2D eigenvalue weighted by Crippen LogP contribution is -2.24. The number of hydrogen-bond acceptors (Lipinski definition) is 3. The smallest absolute Gasteiger partial charge is 0.226 e. The summed E-state index contributed by atoms with van der Waals surface area (Å²) in [4.78, 5) is 13.8. The highest BCUT2D eigenvalue weighted by atomic mass is 35.5. The predicted molar refractivity (Wildman–Crippen MR) is 90.9 cm³/mol. The fourth-order valence-corrected chi connectivity index (χ4v) is 2.31. The van der Waals surface area contributed by atoms with E-state index in [1.807, 2.05) is 0 Å². The molecule has 0 heterocycles. The lowest BCUT2D eigenvalue weighted by atomic mass is 10.2. The van der Waals surface area contributed by atoms with E-state index < -0.39 is 0 Å². The van der Waals surface area contributed by atoms with Crippen LogP contribution in [0.1, 0.15) is 6.42 Å². The second-order valence-electron chi connectivity index (χ2n) is 5.02. The molecule has 0 saturated carbocycles. The molecule has 2 rings (SSSR count). The van der Waals surface area contributed by atoms with Crippen LogP contribution in [0.5, 0.6) is 5.75 Å². The summed E-state index contributed by atoms with van der Waals surface area (Å²) in [6.45, 7) is 0.385. The zero-order chi connectivity index (χ0) is 16.8. The molecule has 122 valence electrons. The van der Waals surface area contributed by atoms with Gasteiger partial charge in [-0.1, -0.05) is 23.7 Å². The molecule has 6 heteroatoms. The maximum Gasteiger partial charge on any atom is 0.226 e. The highest BCUT2D eigenvalue weighted by Crippen LogP contribution is 2.27. The number of benzene rings is 2. The van der Waals surface area contributed by atoms with Crippen molar-refractivity contribution in [3.05, 3.63) is 53.3 Å². The van der Waals surface area contributed by atoms with Gasteiger partial charge < -0.3 is 15.0 Å². The van der Waals surface area contributed by atoms with E-state index in [-0.39, 0.29) is 18.1 Å². The van der Waals surface area contributed by atoms with Crippen molar-refractivity contribution in [1.82, 2.24) is 0 Å². The quantitative estimate of drug-likeness (QED) is 0.868. The third-order valence-electron chi connectivity index (χ3n) is 3.37. The highest BCUT2D eigenvalue weighted by molar-refractivity contribution is 6.31. The van der Waals surface area contributed by atoms with Crippen molar-refractivity contribution in [2.75, 3.05) is 30.9 Å². The Bertz CT molecular complexity index is 694. The summed E-state index contributed by atoms with van der Waals surface area (Å²) in [6.07, 6.45) is 0.209. The summed E-state index contributed by atoms with van der Waals surface area (Å²) in [7, 11) is 3.26. The molecule has 0 radical (unpaired) electrons. The number of nitrogens with zero attached hydrogens (tertiary/aromatic N) is 1. The molecular weight excluding hydrogens is 319 g/mol. The molecule has 0 aliphatic carbocycles. The number of rotatable bonds is 6. The molecule has 0 aromatic heterocycles. The van der Waals surface area contributed by atoms with Gasteiger partial charge in [0.2, 0.25) is 5.91 Å². The van der Waals surface area contributed by atoms with Crippen molar-refractivity contribution in [2.24, 2.45) is 0 Å². The predicted octanol–water partition coefficient (Wildman–Crippen LogP) is 3.95. The van der Waals surface area contributed by atoms with Crippen LogP contribution >= 0.6 is 11.6 Å². The Balaban J connectivity index is 1.95. The van der Waals surface area contributed by atoms with Crippen LogP contribution < -0.4 is 15.0 Å². The van der Waals surface area contributed by atoms with Crippen molar-refractivity contribution < 1.29 is 13.9 Å². The van der Waals surface area contributed by atoms with E-state index in [9.17, 15) is 9.18 Å². The summed E-state index contributed by atoms with van der Waals surface area (Å²) in [5, 5.41) is 3.26. The molecule has 2 aromatic rings. The number of carbonyl (C=O) groups excluding carboxylic acids is 1. The third-order valence-corrected chi connectivity index (χ3v) is 3.61. The molecule has 0 bridgehead atoms. The highest BCUT2D eigenvalue weighted by Gasteiger charge is 2.11. The number of amides is 1. The van der Waals surface area contributed by atoms with Crippen LogP contribution in [0.15, 0.2) is 42.5 Å². The monoisotopic (exact) mass is 336 g/mol. The fraction of sp³-hybridized carbons (Fsp3) is 0.235. The van der Waals surface area contributed by atoms with Crippen molar-refractivity contribution in [3.63, 3.8) is 0 Å². The average molecular weight is 337 g/mol. The van der Waals surface area contributed by atoms with Gasteiger partial charge in [0.25, 0.3) is 0 Å². The Morgan fingerprint density at radius 3 is 2.74 bits per heavy atom. The Morgan fingerprint density at radius 1 is 1.30 bits per heavy atom. The molecule has 0 spiro atoms. The first-order valence-corrected chi connectivity index (χ1v) is 7.48. The minimum atomic E-state index is -0.313. The molecular formula is C17H18ClFN2O2. The number of methoxy groups -OCH3 is 1. The first-order valence-electron chi connectivity index (χ1n) is 7.10. The Morgan fingerprint density at radius 2 is 2.04 bits per heavy atom. The fourth-order valence-electron chi connectivity index (χ4n) is 2.14. The molecule has 0 saturated heterocycles. The number of ether oxygens (including phenoxy) is 1. The Kier molecular flexibility index (Phi) is 5.82. The van der Waals surface area contributed by atoms with Gasteiger partial charge in [-0.25, -0.2) is 4.39 Å². The van der Waals surface area contributed by atoms with Gasteiger partial charge in [-0.15, -0.1) is 0 Å². The van der Waals surface area contributed by atoms with Gasteiger partial charge >= 0.3 is 0 Å². The molecule has 2 aromatic carbocycles. The number of hydrogen-bond donors (Lipinski definition) is 1. The second kappa shape index (κ2) is 7.83. The first kappa shape index (κ1) is 17.1. The normalized spacial score (nSPS) is 10.3. The summed E-state index contributed by atoms with van der Waals surface area (Å²) < 4.78 is 18.9. The number of halogens is 2. The SMILES string of the molecule is COc1ccc(Cl)cc1NC(=O)CCN(C)c1ccccc1F. The van der Waals surface area contributed by atoms with Gasteiger partial charge in [0.15, 0.2) is 0 Å². The zero-order valence-electron chi connectivity index (χ0n) is 13.0. The van der Waals surface area contributed by atoms with E-state index in [0.29, 0.717) is 28.7 Å².